The van der Waals surface area contributed by atoms with E-state index in [1.165, 1.54) is 15.3 Å². The van der Waals surface area contributed by atoms with Gasteiger partial charge in [-0.2, -0.15) is 0 Å². The van der Waals surface area contributed by atoms with Crippen molar-refractivity contribution in [2.75, 3.05) is 7.11 Å². The summed E-state index contributed by atoms with van der Waals surface area (Å²) in [6.07, 6.45) is 3.35. The maximum absolute atomic E-state index is 5.23. The predicted octanol–water partition coefficient (Wildman–Crippen LogP) is 4.10. The normalized spacial score (nSPS) is 10.5. The summed E-state index contributed by atoms with van der Waals surface area (Å²) in [5, 5.41) is 0. The van der Waals surface area contributed by atoms with Gasteiger partial charge >= 0.3 is 0 Å². The summed E-state index contributed by atoms with van der Waals surface area (Å²) in [7, 11) is 1.71. The molecule has 1 nitrogen and oxygen atoms in total. The van der Waals surface area contributed by atoms with E-state index in [1.807, 2.05) is 17.4 Å². The van der Waals surface area contributed by atoms with Gasteiger partial charge in [0.15, 0.2) is 0 Å². The van der Waals surface area contributed by atoms with Crippen molar-refractivity contribution in [1.29, 1.82) is 0 Å². The standard InChI is InChI=1S/C15H18OS/c1-3-14-9-10-15(17-14)8-7-12-5-4-6-13(11-12)16-2/h4-6,9-11H,3,7-8H2,1-2H3. The van der Waals surface area contributed by atoms with Crippen molar-refractivity contribution in [3.63, 3.8) is 0 Å². The molecule has 2 rings (SSSR count). The van der Waals surface area contributed by atoms with E-state index in [0.29, 0.717) is 0 Å². The van der Waals surface area contributed by atoms with Gasteiger partial charge in [0.05, 0.1) is 7.11 Å². The van der Waals surface area contributed by atoms with Crippen LogP contribution in [0.5, 0.6) is 5.75 Å². The first-order valence-corrected chi connectivity index (χ1v) is 6.84. The van der Waals surface area contributed by atoms with Crippen molar-refractivity contribution >= 4 is 11.3 Å². The van der Waals surface area contributed by atoms with E-state index in [2.05, 4.69) is 37.3 Å². The molecule has 0 saturated heterocycles. The van der Waals surface area contributed by atoms with Crippen molar-refractivity contribution in [1.82, 2.24) is 0 Å². The Morgan fingerprint density at radius 1 is 1.06 bits per heavy atom. The van der Waals surface area contributed by atoms with Crippen LogP contribution in [-0.2, 0) is 19.3 Å². The van der Waals surface area contributed by atoms with Gasteiger partial charge in [-0.1, -0.05) is 19.1 Å². The molecule has 0 bridgehead atoms. The van der Waals surface area contributed by atoms with E-state index in [4.69, 9.17) is 4.74 Å². The minimum Gasteiger partial charge on any atom is -0.497 e. The summed E-state index contributed by atoms with van der Waals surface area (Å²) >= 11 is 1.93. The van der Waals surface area contributed by atoms with Crippen molar-refractivity contribution in [2.24, 2.45) is 0 Å². The minimum atomic E-state index is 0.947. The highest BCUT2D eigenvalue weighted by molar-refractivity contribution is 7.11. The monoisotopic (exact) mass is 246 g/mol. The second-order valence-corrected chi connectivity index (χ2v) is 5.33. The van der Waals surface area contributed by atoms with Gasteiger partial charge in [-0.3, -0.25) is 0 Å². The van der Waals surface area contributed by atoms with Gasteiger partial charge in [0.2, 0.25) is 0 Å². The molecule has 0 atom stereocenters. The zero-order chi connectivity index (χ0) is 12.1. The first-order valence-electron chi connectivity index (χ1n) is 6.02. The van der Waals surface area contributed by atoms with Crippen LogP contribution >= 0.6 is 11.3 Å². The Morgan fingerprint density at radius 2 is 1.88 bits per heavy atom. The van der Waals surface area contributed by atoms with E-state index < -0.39 is 0 Å². The summed E-state index contributed by atoms with van der Waals surface area (Å²) in [6, 6.07) is 12.8. The van der Waals surface area contributed by atoms with Crippen LogP contribution in [0, 0.1) is 0 Å². The Balaban J connectivity index is 1.96. The summed E-state index contributed by atoms with van der Waals surface area (Å²) in [6.45, 7) is 2.21. The molecule has 0 radical (unpaired) electrons. The molecule has 1 heterocycles. The molecule has 0 aliphatic heterocycles. The number of methoxy groups -OCH3 is 1. The zero-order valence-electron chi connectivity index (χ0n) is 10.4. The number of rotatable bonds is 5. The van der Waals surface area contributed by atoms with Gasteiger partial charge in [-0.05, 0) is 49.1 Å². The lowest BCUT2D eigenvalue weighted by molar-refractivity contribution is 0.414. The fraction of sp³-hybridized carbons (Fsp3) is 0.333. The molecule has 0 unspecified atom stereocenters. The van der Waals surface area contributed by atoms with E-state index in [0.717, 1.165) is 25.0 Å². The highest BCUT2D eigenvalue weighted by Gasteiger charge is 2.00. The van der Waals surface area contributed by atoms with Crippen LogP contribution in [0.3, 0.4) is 0 Å². The maximum Gasteiger partial charge on any atom is 0.119 e. The fourth-order valence-corrected chi connectivity index (χ4v) is 2.80. The molecule has 2 heteroatoms. The van der Waals surface area contributed by atoms with E-state index >= 15 is 0 Å². The molecule has 0 fully saturated rings. The number of thiophene rings is 1. The summed E-state index contributed by atoms with van der Waals surface area (Å²) < 4.78 is 5.23. The lowest BCUT2D eigenvalue weighted by Gasteiger charge is -2.03. The number of hydrogen-bond donors (Lipinski definition) is 0. The Morgan fingerprint density at radius 3 is 2.59 bits per heavy atom. The molecule has 0 aliphatic rings. The maximum atomic E-state index is 5.23. The third-order valence-electron chi connectivity index (χ3n) is 2.86. The summed E-state index contributed by atoms with van der Waals surface area (Å²) in [5.41, 5.74) is 1.34. The SMILES string of the molecule is CCc1ccc(CCc2cccc(OC)c2)s1. The second-order valence-electron chi connectivity index (χ2n) is 4.07. The minimum absolute atomic E-state index is 0.947. The van der Waals surface area contributed by atoms with E-state index in [1.54, 1.807) is 7.11 Å². The molecular formula is C15H18OS. The van der Waals surface area contributed by atoms with Gasteiger partial charge in [0, 0.05) is 9.75 Å². The Hall–Kier alpha value is -1.28. The third kappa shape index (κ3) is 3.34. The molecule has 1 aromatic carbocycles. The van der Waals surface area contributed by atoms with Crippen LogP contribution < -0.4 is 4.74 Å². The Labute approximate surface area is 107 Å². The fourth-order valence-electron chi connectivity index (χ4n) is 1.84. The first-order chi connectivity index (χ1) is 8.31. The van der Waals surface area contributed by atoms with Gasteiger partial charge in [0.1, 0.15) is 5.75 Å². The molecule has 0 aliphatic carbocycles. The largest absolute Gasteiger partial charge is 0.497 e. The van der Waals surface area contributed by atoms with Crippen LogP contribution in [0.4, 0.5) is 0 Å². The zero-order valence-corrected chi connectivity index (χ0v) is 11.2. The number of aryl methyl sites for hydroxylation is 3. The average molecular weight is 246 g/mol. The van der Waals surface area contributed by atoms with Crippen molar-refractivity contribution in [3.05, 3.63) is 51.7 Å². The molecule has 17 heavy (non-hydrogen) atoms. The third-order valence-corrected chi connectivity index (χ3v) is 4.15. The molecular weight excluding hydrogens is 228 g/mol. The van der Waals surface area contributed by atoms with Crippen molar-refractivity contribution < 1.29 is 4.74 Å². The van der Waals surface area contributed by atoms with Crippen LogP contribution in [-0.4, -0.2) is 7.11 Å². The van der Waals surface area contributed by atoms with Crippen LogP contribution in [0.15, 0.2) is 36.4 Å². The van der Waals surface area contributed by atoms with Gasteiger partial charge in [-0.15, -0.1) is 11.3 Å². The summed E-state index contributed by atoms with van der Waals surface area (Å²) in [4.78, 5) is 2.95. The molecule has 0 spiro atoms. The van der Waals surface area contributed by atoms with Gasteiger partial charge in [-0.25, -0.2) is 0 Å². The predicted molar refractivity (Wildman–Crippen MR) is 74.1 cm³/mol. The molecule has 90 valence electrons. The lowest BCUT2D eigenvalue weighted by Crippen LogP contribution is -1.90. The average Bonchev–Trinajstić information content (AvgIpc) is 2.84. The Kier molecular flexibility index (Phi) is 4.21. The van der Waals surface area contributed by atoms with Crippen molar-refractivity contribution in [2.45, 2.75) is 26.2 Å². The van der Waals surface area contributed by atoms with Crippen LogP contribution in [0.2, 0.25) is 0 Å². The molecule has 0 N–H and O–H groups in total. The topological polar surface area (TPSA) is 9.23 Å². The van der Waals surface area contributed by atoms with Crippen LogP contribution in [0.25, 0.3) is 0 Å². The molecule has 1 aromatic heterocycles. The van der Waals surface area contributed by atoms with Gasteiger partial charge in [0.25, 0.3) is 0 Å². The van der Waals surface area contributed by atoms with Gasteiger partial charge < -0.3 is 4.74 Å². The summed E-state index contributed by atoms with van der Waals surface area (Å²) in [5.74, 6) is 0.947. The molecule has 0 amide bonds. The molecule has 2 aromatic rings. The van der Waals surface area contributed by atoms with Crippen molar-refractivity contribution in [3.8, 4) is 5.75 Å². The van der Waals surface area contributed by atoms with E-state index in [-0.39, 0.29) is 0 Å². The number of hydrogen-bond acceptors (Lipinski definition) is 2. The lowest BCUT2D eigenvalue weighted by atomic mass is 10.1. The molecule has 0 saturated carbocycles. The Bertz CT molecular complexity index is 473. The smallest absolute Gasteiger partial charge is 0.119 e. The quantitative estimate of drug-likeness (QED) is 0.771. The first kappa shape index (κ1) is 12.2. The number of ether oxygens (including phenoxy) is 1. The highest BCUT2D eigenvalue weighted by Crippen LogP contribution is 2.20. The number of benzene rings is 1. The van der Waals surface area contributed by atoms with E-state index in [9.17, 15) is 0 Å². The highest BCUT2D eigenvalue weighted by atomic mass is 32.1. The van der Waals surface area contributed by atoms with Crippen LogP contribution in [0.1, 0.15) is 22.2 Å². The second kappa shape index (κ2) is 5.87.